The molecule has 6 heteroatoms. The van der Waals surface area contributed by atoms with Crippen LogP contribution in [0.2, 0.25) is 0 Å². The SMILES string of the molecule is CC(NC/C=C/CNC(=O)OC(C)(C)C)c1cncc(F)c1. The molecule has 0 aliphatic heterocycles. The maximum Gasteiger partial charge on any atom is 0.407 e. The summed E-state index contributed by atoms with van der Waals surface area (Å²) in [5.74, 6) is -0.344. The lowest BCUT2D eigenvalue weighted by Gasteiger charge is -2.19. The van der Waals surface area contributed by atoms with E-state index in [1.54, 1.807) is 6.20 Å². The predicted octanol–water partition coefficient (Wildman–Crippen LogP) is 2.95. The number of alkyl carbamates (subject to hydrolysis) is 1. The van der Waals surface area contributed by atoms with Gasteiger partial charge in [0.05, 0.1) is 6.20 Å². The first-order valence-corrected chi connectivity index (χ1v) is 7.23. The van der Waals surface area contributed by atoms with Crippen LogP contribution in [0.1, 0.15) is 39.3 Å². The lowest BCUT2D eigenvalue weighted by atomic mass is 10.1. The number of hydrogen-bond donors (Lipinski definition) is 2. The van der Waals surface area contributed by atoms with E-state index in [-0.39, 0.29) is 11.9 Å². The van der Waals surface area contributed by atoms with Crippen LogP contribution >= 0.6 is 0 Å². The Labute approximate surface area is 131 Å². The van der Waals surface area contributed by atoms with E-state index >= 15 is 0 Å². The van der Waals surface area contributed by atoms with Crippen LogP contribution in [0.25, 0.3) is 0 Å². The van der Waals surface area contributed by atoms with Gasteiger partial charge in [-0.15, -0.1) is 0 Å². The zero-order chi connectivity index (χ0) is 16.6. The fraction of sp³-hybridized carbons (Fsp3) is 0.500. The van der Waals surface area contributed by atoms with Crippen molar-refractivity contribution < 1.29 is 13.9 Å². The summed E-state index contributed by atoms with van der Waals surface area (Å²) < 4.78 is 18.2. The van der Waals surface area contributed by atoms with Crippen LogP contribution in [-0.2, 0) is 4.74 Å². The molecule has 0 bridgehead atoms. The molecular formula is C16H24FN3O2. The third kappa shape index (κ3) is 7.73. The Balaban J connectivity index is 2.22. The Kier molecular flexibility index (Phi) is 6.98. The molecule has 0 saturated heterocycles. The highest BCUT2D eigenvalue weighted by Gasteiger charge is 2.14. The van der Waals surface area contributed by atoms with Crippen LogP contribution in [0.15, 0.2) is 30.6 Å². The topological polar surface area (TPSA) is 63.2 Å². The van der Waals surface area contributed by atoms with Crippen molar-refractivity contribution in [2.24, 2.45) is 0 Å². The fourth-order valence-corrected chi connectivity index (χ4v) is 1.65. The second-order valence-corrected chi connectivity index (χ2v) is 5.92. The Hall–Kier alpha value is -1.95. The minimum Gasteiger partial charge on any atom is -0.444 e. The van der Waals surface area contributed by atoms with Crippen LogP contribution in [0.4, 0.5) is 9.18 Å². The smallest absolute Gasteiger partial charge is 0.407 e. The number of nitrogens with one attached hydrogen (secondary N) is 2. The Morgan fingerprint density at radius 1 is 1.36 bits per heavy atom. The Bertz CT molecular complexity index is 512. The lowest BCUT2D eigenvalue weighted by Crippen LogP contribution is -2.32. The second-order valence-electron chi connectivity index (χ2n) is 5.92. The third-order valence-electron chi connectivity index (χ3n) is 2.70. The molecule has 1 aromatic heterocycles. The molecule has 1 aromatic rings. The fourth-order valence-electron chi connectivity index (χ4n) is 1.65. The van der Waals surface area contributed by atoms with Gasteiger partial charge in [0.1, 0.15) is 11.4 Å². The summed E-state index contributed by atoms with van der Waals surface area (Å²) in [5.41, 5.74) is 0.296. The first kappa shape index (κ1) is 18.1. The maximum absolute atomic E-state index is 13.1. The van der Waals surface area contributed by atoms with Crippen molar-refractivity contribution in [1.82, 2.24) is 15.6 Å². The van der Waals surface area contributed by atoms with Crippen molar-refractivity contribution in [3.8, 4) is 0 Å². The van der Waals surface area contributed by atoms with Gasteiger partial charge in [-0.05, 0) is 39.3 Å². The summed E-state index contributed by atoms with van der Waals surface area (Å²) in [6.45, 7) is 8.38. The molecule has 0 aromatic carbocycles. The van der Waals surface area contributed by atoms with E-state index in [0.717, 1.165) is 5.56 Å². The Morgan fingerprint density at radius 3 is 2.68 bits per heavy atom. The summed E-state index contributed by atoms with van der Waals surface area (Å²) in [6.07, 6.45) is 6.09. The van der Waals surface area contributed by atoms with Crippen molar-refractivity contribution in [3.63, 3.8) is 0 Å². The van der Waals surface area contributed by atoms with E-state index in [9.17, 15) is 9.18 Å². The van der Waals surface area contributed by atoms with Gasteiger partial charge >= 0.3 is 6.09 Å². The first-order valence-electron chi connectivity index (χ1n) is 7.23. The van der Waals surface area contributed by atoms with E-state index in [0.29, 0.717) is 13.1 Å². The summed E-state index contributed by atoms with van der Waals surface area (Å²) in [5, 5.41) is 5.85. The van der Waals surface area contributed by atoms with Gasteiger partial charge in [-0.2, -0.15) is 0 Å². The average Bonchev–Trinajstić information content (AvgIpc) is 2.40. The number of ether oxygens (including phenoxy) is 1. The van der Waals surface area contributed by atoms with Gasteiger partial charge < -0.3 is 15.4 Å². The highest BCUT2D eigenvalue weighted by Crippen LogP contribution is 2.11. The largest absolute Gasteiger partial charge is 0.444 e. The third-order valence-corrected chi connectivity index (χ3v) is 2.70. The normalized spacial score (nSPS) is 13.1. The number of halogens is 1. The van der Waals surface area contributed by atoms with Crippen LogP contribution in [0.3, 0.4) is 0 Å². The number of hydrogen-bond acceptors (Lipinski definition) is 4. The lowest BCUT2D eigenvalue weighted by molar-refractivity contribution is 0.0534. The molecule has 5 nitrogen and oxygen atoms in total. The standard InChI is InChI=1S/C16H24FN3O2/c1-12(13-9-14(17)11-18-10-13)19-7-5-6-8-20-15(21)22-16(2,3)4/h5-6,9-12,19H,7-8H2,1-4H3,(H,20,21)/b6-5+. The highest BCUT2D eigenvalue weighted by atomic mass is 19.1. The molecule has 22 heavy (non-hydrogen) atoms. The van der Waals surface area contributed by atoms with Crippen molar-refractivity contribution in [2.75, 3.05) is 13.1 Å². The average molecular weight is 309 g/mol. The summed E-state index contributed by atoms with van der Waals surface area (Å²) in [7, 11) is 0. The predicted molar refractivity (Wildman–Crippen MR) is 84.0 cm³/mol. The van der Waals surface area contributed by atoms with Crippen molar-refractivity contribution in [3.05, 3.63) is 42.0 Å². The maximum atomic E-state index is 13.1. The van der Waals surface area contributed by atoms with E-state index < -0.39 is 11.7 Å². The van der Waals surface area contributed by atoms with E-state index in [1.807, 2.05) is 39.8 Å². The van der Waals surface area contributed by atoms with Crippen LogP contribution in [0, 0.1) is 5.82 Å². The van der Waals surface area contributed by atoms with E-state index in [4.69, 9.17) is 4.74 Å². The van der Waals surface area contributed by atoms with Crippen LogP contribution in [-0.4, -0.2) is 29.8 Å². The molecule has 0 aliphatic rings. The van der Waals surface area contributed by atoms with Gasteiger partial charge in [0.25, 0.3) is 0 Å². The quantitative estimate of drug-likeness (QED) is 0.793. The zero-order valence-corrected chi connectivity index (χ0v) is 13.5. The van der Waals surface area contributed by atoms with E-state index in [1.165, 1.54) is 12.3 Å². The molecular weight excluding hydrogens is 285 g/mol. The number of pyridine rings is 1. The Morgan fingerprint density at radius 2 is 2.05 bits per heavy atom. The number of carbonyl (C=O) groups is 1. The molecule has 1 rings (SSSR count). The summed E-state index contributed by atoms with van der Waals surface area (Å²) in [6, 6.07) is 1.45. The minimum atomic E-state index is -0.496. The highest BCUT2D eigenvalue weighted by molar-refractivity contribution is 5.67. The van der Waals surface area contributed by atoms with Gasteiger partial charge in [-0.1, -0.05) is 12.2 Å². The number of amides is 1. The van der Waals surface area contributed by atoms with Crippen molar-refractivity contribution in [2.45, 2.75) is 39.3 Å². The monoisotopic (exact) mass is 309 g/mol. The van der Waals surface area contributed by atoms with Gasteiger partial charge in [0, 0.05) is 25.3 Å². The molecule has 0 aliphatic carbocycles. The molecule has 1 heterocycles. The molecule has 1 unspecified atom stereocenters. The number of aromatic nitrogens is 1. The molecule has 0 saturated carbocycles. The van der Waals surface area contributed by atoms with Crippen molar-refractivity contribution >= 4 is 6.09 Å². The molecule has 2 N–H and O–H groups in total. The minimum absolute atomic E-state index is 0.00772. The van der Waals surface area contributed by atoms with Crippen LogP contribution < -0.4 is 10.6 Å². The number of rotatable bonds is 6. The van der Waals surface area contributed by atoms with Crippen molar-refractivity contribution in [1.29, 1.82) is 0 Å². The van der Waals surface area contributed by atoms with Crippen LogP contribution in [0.5, 0.6) is 0 Å². The van der Waals surface area contributed by atoms with Gasteiger partial charge in [0.2, 0.25) is 0 Å². The number of carbonyl (C=O) groups excluding carboxylic acids is 1. The molecule has 0 spiro atoms. The van der Waals surface area contributed by atoms with E-state index in [2.05, 4.69) is 15.6 Å². The van der Waals surface area contributed by atoms with Gasteiger partial charge in [-0.25, -0.2) is 9.18 Å². The van der Waals surface area contributed by atoms with Gasteiger partial charge in [-0.3, -0.25) is 4.98 Å². The molecule has 0 radical (unpaired) electrons. The molecule has 122 valence electrons. The molecule has 1 amide bonds. The van der Waals surface area contributed by atoms with Gasteiger partial charge in [0.15, 0.2) is 0 Å². The molecule has 0 fully saturated rings. The second kappa shape index (κ2) is 8.48. The summed E-state index contributed by atoms with van der Waals surface area (Å²) >= 11 is 0. The zero-order valence-electron chi connectivity index (χ0n) is 13.5. The molecule has 1 atom stereocenters. The number of nitrogens with zero attached hydrogens (tertiary/aromatic N) is 1. The first-order chi connectivity index (χ1) is 10.3. The summed E-state index contributed by atoms with van der Waals surface area (Å²) in [4.78, 5) is 15.2.